The van der Waals surface area contributed by atoms with Crippen LogP contribution in [0.4, 0.5) is 5.69 Å². The molecule has 16 heavy (non-hydrogen) atoms. The first kappa shape index (κ1) is 11.5. The first-order valence-corrected chi connectivity index (χ1v) is 5.99. The van der Waals surface area contributed by atoms with E-state index in [0.717, 1.165) is 18.2 Å². The third-order valence-corrected chi connectivity index (χ3v) is 3.08. The molecule has 1 aliphatic heterocycles. The van der Waals surface area contributed by atoms with Crippen molar-refractivity contribution in [2.75, 3.05) is 25.4 Å². The number of likely N-dealkylation sites (tertiary alicyclic amines) is 1. The van der Waals surface area contributed by atoms with E-state index in [9.17, 15) is 0 Å². The van der Waals surface area contributed by atoms with Gasteiger partial charge in [-0.25, -0.2) is 0 Å². The van der Waals surface area contributed by atoms with Crippen LogP contribution in [-0.2, 0) is 6.42 Å². The molecule has 0 aliphatic carbocycles. The molecule has 0 saturated carbocycles. The molecule has 0 unspecified atom stereocenters. The average Bonchev–Trinajstić information content (AvgIpc) is 2.17. The first-order chi connectivity index (χ1) is 7.63. The van der Waals surface area contributed by atoms with E-state index >= 15 is 0 Å². The Hall–Kier alpha value is -1.02. The van der Waals surface area contributed by atoms with Crippen molar-refractivity contribution < 1.29 is 0 Å². The molecular weight excluding hydrogens is 196 g/mol. The molecule has 0 aromatic heterocycles. The summed E-state index contributed by atoms with van der Waals surface area (Å²) in [7, 11) is 0. The van der Waals surface area contributed by atoms with Gasteiger partial charge in [-0.05, 0) is 36.0 Å². The van der Waals surface area contributed by atoms with E-state index < -0.39 is 0 Å². The predicted molar refractivity (Wildman–Crippen MR) is 69.1 cm³/mol. The first-order valence-electron chi connectivity index (χ1n) is 5.99. The largest absolute Gasteiger partial charge is 0.399 e. The summed E-state index contributed by atoms with van der Waals surface area (Å²) in [5.41, 5.74) is 7.94. The van der Waals surface area contributed by atoms with Gasteiger partial charge in [0.05, 0.1) is 0 Å². The Kier molecular flexibility index (Phi) is 3.49. The molecule has 0 bridgehead atoms. The molecule has 87 valence electrons. The van der Waals surface area contributed by atoms with E-state index in [1.165, 1.54) is 31.0 Å². The van der Waals surface area contributed by atoms with Crippen LogP contribution in [0.25, 0.3) is 0 Å². The highest BCUT2D eigenvalue weighted by Crippen LogP contribution is 2.22. The Morgan fingerprint density at radius 1 is 1.25 bits per heavy atom. The van der Waals surface area contributed by atoms with E-state index in [2.05, 4.69) is 30.9 Å². The number of nitrogen functional groups attached to an aromatic ring is 1. The minimum Gasteiger partial charge on any atom is -0.399 e. The maximum Gasteiger partial charge on any atom is 0.0314 e. The third kappa shape index (κ3) is 2.99. The standard InChI is InChI=1S/C14H21N2/c1-11(2)8-16-9-13(10-16)7-12-3-5-14(15)6-4-12/h3-6,13H,7-10,15H2,1-2H3. The molecule has 2 rings (SSSR count). The van der Waals surface area contributed by atoms with Gasteiger partial charge in [-0.2, -0.15) is 0 Å². The number of nitrogens with zero attached hydrogens (tertiary/aromatic N) is 1. The lowest BCUT2D eigenvalue weighted by molar-refractivity contribution is 0.107. The fraction of sp³-hybridized carbons (Fsp3) is 0.500. The van der Waals surface area contributed by atoms with Crippen LogP contribution in [-0.4, -0.2) is 24.5 Å². The summed E-state index contributed by atoms with van der Waals surface area (Å²) in [5, 5.41) is 0. The van der Waals surface area contributed by atoms with Crippen molar-refractivity contribution in [2.45, 2.75) is 20.3 Å². The monoisotopic (exact) mass is 217 g/mol. The van der Waals surface area contributed by atoms with Crippen molar-refractivity contribution in [1.82, 2.24) is 4.90 Å². The van der Waals surface area contributed by atoms with Crippen molar-refractivity contribution in [3.05, 3.63) is 35.7 Å². The Balaban J connectivity index is 1.75. The highest BCUT2D eigenvalue weighted by molar-refractivity contribution is 5.39. The Morgan fingerprint density at radius 2 is 1.88 bits per heavy atom. The molecule has 1 fully saturated rings. The molecule has 2 heteroatoms. The van der Waals surface area contributed by atoms with Crippen LogP contribution < -0.4 is 5.73 Å². The van der Waals surface area contributed by atoms with Crippen LogP contribution >= 0.6 is 0 Å². The number of benzene rings is 1. The van der Waals surface area contributed by atoms with Crippen LogP contribution in [0.1, 0.15) is 19.4 Å². The quantitative estimate of drug-likeness (QED) is 0.784. The summed E-state index contributed by atoms with van der Waals surface area (Å²) in [4.78, 5) is 2.51. The second-order valence-corrected chi connectivity index (χ2v) is 5.21. The van der Waals surface area contributed by atoms with Gasteiger partial charge in [-0.15, -0.1) is 0 Å². The fourth-order valence-corrected chi connectivity index (χ4v) is 2.37. The van der Waals surface area contributed by atoms with Gasteiger partial charge in [0.1, 0.15) is 0 Å². The molecular formula is C14H21N2. The van der Waals surface area contributed by atoms with Gasteiger partial charge >= 0.3 is 0 Å². The summed E-state index contributed by atoms with van der Waals surface area (Å²) < 4.78 is 0. The maximum absolute atomic E-state index is 5.67. The summed E-state index contributed by atoms with van der Waals surface area (Å²) >= 11 is 0. The number of rotatable bonds is 4. The number of hydrogen-bond donors (Lipinski definition) is 1. The van der Waals surface area contributed by atoms with E-state index in [-0.39, 0.29) is 0 Å². The van der Waals surface area contributed by atoms with Crippen LogP contribution in [0, 0.1) is 11.8 Å². The highest BCUT2D eigenvalue weighted by Gasteiger charge is 2.26. The Morgan fingerprint density at radius 3 is 2.44 bits per heavy atom. The zero-order valence-electron chi connectivity index (χ0n) is 10.2. The molecule has 1 saturated heterocycles. The van der Waals surface area contributed by atoms with E-state index in [0.29, 0.717) is 0 Å². The van der Waals surface area contributed by atoms with Gasteiger partial charge in [0, 0.05) is 25.3 Å². The molecule has 1 aliphatic rings. The summed E-state index contributed by atoms with van der Waals surface area (Å²) in [5.74, 6) is 2.34. The van der Waals surface area contributed by atoms with Gasteiger partial charge in [0.25, 0.3) is 0 Å². The molecule has 1 heterocycles. The van der Waals surface area contributed by atoms with Crippen molar-refractivity contribution in [3.8, 4) is 0 Å². The van der Waals surface area contributed by atoms with Gasteiger partial charge in [-0.3, -0.25) is 0 Å². The zero-order chi connectivity index (χ0) is 11.5. The minimum absolute atomic E-state index is 0.836. The van der Waals surface area contributed by atoms with Crippen LogP contribution in [0.5, 0.6) is 0 Å². The van der Waals surface area contributed by atoms with Crippen LogP contribution in [0.3, 0.4) is 0 Å². The van der Waals surface area contributed by atoms with Crippen LogP contribution in [0.15, 0.2) is 24.3 Å². The molecule has 0 atom stereocenters. The normalized spacial score (nSPS) is 17.7. The summed E-state index contributed by atoms with van der Waals surface area (Å²) in [6, 6.07) is 8.29. The molecule has 2 N–H and O–H groups in total. The minimum atomic E-state index is 0.836. The summed E-state index contributed by atoms with van der Waals surface area (Å²) in [6.07, 6.45) is 1.19. The van der Waals surface area contributed by atoms with Gasteiger partial charge in [0.15, 0.2) is 0 Å². The molecule has 1 aromatic carbocycles. The molecule has 2 nitrogen and oxygen atoms in total. The van der Waals surface area contributed by atoms with E-state index in [1.54, 1.807) is 0 Å². The second kappa shape index (κ2) is 4.88. The van der Waals surface area contributed by atoms with Gasteiger partial charge in [-0.1, -0.05) is 26.0 Å². The molecule has 1 aromatic rings. The van der Waals surface area contributed by atoms with Gasteiger partial charge < -0.3 is 10.6 Å². The van der Waals surface area contributed by atoms with Crippen molar-refractivity contribution in [2.24, 2.45) is 5.92 Å². The summed E-state index contributed by atoms with van der Waals surface area (Å²) in [6.45, 7) is 8.06. The Labute approximate surface area is 98.4 Å². The van der Waals surface area contributed by atoms with Crippen molar-refractivity contribution >= 4 is 5.69 Å². The SMILES string of the molecule is C[C](C)CN1CC(Cc2ccc(N)cc2)C1. The lowest BCUT2D eigenvalue weighted by Crippen LogP contribution is -2.48. The lowest BCUT2D eigenvalue weighted by Gasteiger charge is -2.40. The fourth-order valence-electron chi connectivity index (χ4n) is 2.37. The van der Waals surface area contributed by atoms with E-state index in [4.69, 9.17) is 5.73 Å². The maximum atomic E-state index is 5.67. The smallest absolute Gasteiger partial charge is 0.0314 e. The molecule has 0 spiro atoms. The van der Waals surface area contributed by atoms with Crippen molar-refractivity contribution in [3.63, 3.8) is 0 Å². The predicted octanol–water partition coefficient (Wildman–Crippen LogP) is 2.36. The molecule has 1 radical (unpaired) electrons. The van der Waals surface area contributed by atoms with E-state index in [1.807, 2.05) is 12.1 Å². The Bertz CT molecular complexity index is 323. The number of anilines is 1. The number of nitrogens with two attached hydrogens (primary N) is 1. The topological polar surface area (TPSA) is 29.3 Å². The molecule has 0 amide bonds. The lowest BCUT2D eigenvalue weighted by atomic mass is 9.91. The van der Waals surface area contributed by atoms with Crippen molar-refractivity contribution in [1.29, 1.82) is 0 Å². The van der Waals surface area contributed by atoms with Gasteiger partial charge in [0.2, 0.25) is 0 Å². The third-order valence-electron chi connectivity index (χ3n) is 3.08. The highest BCUT2D eigenvalue weighted by atomic mass is 15.2. The van der Waals surface area contributed by atoms with Crippen LogP contribution in [0.2, 0.25) is 0 Å². The number of hydrogen-bond acceptors (Lipinski definition) is 2. The second-order valence-electron chi connectivity index (χ2n) is 5.21. The average molecular weight is 217 g/mol. The zero-order valence-corrected chi connectivity index (χ0v) is 10.2.